The molecule has 0 unspecified atom stereocenters. The Balaban J connectivity index is 1.88. The summed E-state index contributed by atoms with van der Waals surface area (Å²) in [4.78, 5) is 25.9. The number of nitrogens with zero attached hydrogens (tertiary/aromatic N) is 1. The normalized spacial score (nSPS) is 11.5. The summed E-state index contributed by atoms with van der Waals surface area (Å²) in [6.07, 6.45) is -3.35. The number of ether oxygens (including phenoxy) is 1. The van der Waals surface area contributed by atoms with Crippen LogP contribution in [0.5, 0.6) is 5.75 Å². The lowest BCUT2D eigenvalue weighted by atomic mass is 10.1. The molecule has 3 aromatic carbocycles. The van der Waals surface area contributed by atoms with Gasteiger partial charge in [0.05, 0.1) is 11.1 Å². The first kappa shape index (κ1) is 20.4. The van der Waals surface area contributed by atoms with Crippen LogP contribution in [0.25, 0.3) is 16.5 Å². The molecule has 156 valence electrons. The van der Waals surface area contributed by atoms with Crippen LogP contribution in [0.1, 0.15) is 21.5 Å². The number of halogens is 3. The lowest BCUT2D eigenvalue weighted by molar-refractivity contribution is -0.137. The number of rotatable bonds is 3. The Labute approximate surface area is 175 Å². The van der Waals surface area contributed by atoms with Crippen molar-refractivity contribution in [1.82, 2.24) is 4.57 Å². The minimum atomic E-state index is -4.57. The maximum Gasteiger partial charge on any atom is 0.416 e. The number of aryl methyl sites for hydroxylation is 1. The van der Waals surface area contributed by atoms with Crippen molar-refractivity contribution in [3.8, 4) is 11.4 Å². The molecule has 1 aromatic heterocycles. The number of esters is 1. The van der Waals surface area contributed by atoms with Crippen LogP contribution in [0, 0.1) is 6.92 Å². The topological polar surface area (TPSA) is 48.3 Å². The van der Waals surface area contributed by atoms with Gasteiger partial charge in [-0.2, -0.15) is 13.2 Å². The van der Waals surface area contributed by atoms with Gasteiger partial charge in [0, 0.05) is 22.7 Å². The first-order chi connectivity index (χ1) is 14.7. The van der Waals surface area contributed by atoms with Crippen LogP contribution >= 0.6 is 0 Å². The van der Waals surface area contributed by atoms with E-state index in [0.717, 1.165) is 22.3 Å². The Morgan fingerprint density at radius 2 is 1.61 bits per heavy atom. The average Bonchev–Trinajstić information content (AvgIpc) is 2.73. The highest BCUT2D eigenvalue weighted by Crippen LogP contribution is 2.30. The Bertz CT molecular complexity index is 1360. The number of carbonyl (C=O) groups is 1. The van der Waals surface area contributed by atoms with E-state index in [4.69, 9.17) is 4.74 Å². The van der Waals surface area contributed by atoms with E-state index in [0.29, 0.717) is 11.1 Å². The van der Waals surface area contributed by atoms with Crippen molar-refractivity contribution >= 4 is 16.7 Å². The molecule has 0 bridgehead atoms. The standard InChI is InChI=1S/C24H16F3NO3/c1-15-6-4-9-18(12-15)31-23(30)21-14-28(22(29)20-11-3-2-10-19(20)21)17-8-5-7-16(13-17)24(25,26)27/h2-14H,1H3. The molecule has 0 aliphatic carbocycles. The van der Waals surface area contributed by atoms with Crippen molar-refractivity contribution in [3.63, 3.8) is 0 Å². The van der Waals surface area contributed by atoms with Gasteiger partial charge in [-0.3, -0.25) is 9.36 Å². The average molecular weight is 423 g/mol. The Morgan fingerprint density at radius 3 is 2.32 bits per heavy atom. The van der Waals surface area contributed by atoms with E-state index in [-0.39, 0.29) is 16.6 Å². The first-order valence-electron chi connectivity index (χ1n) is 9.35. The second kappa shape index (κ2) is 7.75. The monoisotopic (exact) mass is 423 g/mol. The predicted octanol–water partition coefficient (Wildman–Crippen LogP) is 5.54. The van der Waals surface area contributed by atoms with Crippen molar-refractivity contribution in [2.75, 3.05) is 0 Å². The van der Waals surface area contributed by atoms with Gasteiger partial charge in [-0.05, 0) is 48.9 Å². The minimum absolute atomic E-state index is 0.00446. The molecule has 0 saturated carbocycles. The second-order valence-corrected chi connectivity index (χ2v) is 7.02. The highest BCUT2D eigenvalue weighted by Gasteiger charge is 2.30. The molecule has 0 fully saturated rings. The third-order valence-electron chi connectivity index (χ3n) is 4.80. The van der Waals surface area contributed by atoms with Gasteiger partial charge in [-0.25, -0.2) is 4.79 Å². The van der Waals surface area contributed by atoms with Gasteiger partial charge in [0.1, 0.15) is 5.75 Å². The molecule has 0 radical (unpaired) electrons. The van der Waals surface area contributed by atoms with Crippen LogP contribution in [0.4, 0.5) is 13.2 Å². The van der Waals surface area contributed by atoms with E-state index in [1.807, 2.05) is 13.0 Å². The molecule has 31 heavy (non-hydrogen) atoms. The molecule has 0 N–H and O–H groups in total. The van der Waals surface area contributed by atoms with E-state index in [1.165, 1.54) is 24.4 Å². The second-order valence-electron chi connectivity index (χ2n) is 7.02. The fraction of sp³-hybridized carbons (Fsp3) is 0.0833. The molecule has 0 atom stereocenters. The summed E-state index contributed by atoms with van der Waals surface area (Å²) in [5, 5.41) is 0.548. The van der Waals surface area contributed by atoms with E-state index in [2.05, 4.69) is 0 Å². The summed E-state index contributed by atoms with van der Waals surface area (Å²) < 4.78 is 46.0. The molecule has 0 saturated heterocycles. The van der Waals surface area contributed by atoms with Gasteiger partial charge < -0.3 is 4.74 Å². The van der Waals surface area contributed by atoms with Gasteiger partial charge in [0.25, 0.3) is 5.56 Å². The Hall–Kier alpha value is -3.87. The van der Waals surface area contributed by atoms with Crippen LogP contribution in [0.3, 0.4) is 0 Å². The summed E-state index contributed by atoms with van der Waals surface area (Å²) in [5.41, 5.74) is -0.482. The molecule has 0 aliphatic rings. The number of aromatic nitrogens is 1. The number of hydrogen-bond acceptors (Lipinski definition) is 3. The molecule has 4 nitrogen and oxygen atoms in total. The smallest absolute Gasteiger partial charge is 0.416 e. The van der Waals surface area contributed by atoms with Crippen LogP contribution in [-0.2, 0) is 6.18 Å². The number of benzene rings is 3. The number of alkyl halides is 3. The van der Waals surface area contributed by atoms with Gasteiger partial charge >= 0.3 is 12.1 Å². The number of hydrogen-bond donors (Lipinski definition) is 0. The molecule has 0 aliphatic heterocycles. The van der Waals surface area contributed by atoms with Crippen LogP contribution < -0.4 is 10.3 Å². The Kier molecular flexibility index (Phi) is 5.10. The zero-order valence-corrected chi connectivity index (χ0v) is 16.3. The summed E-state index contributed by atoms with van der Waals surface area (Å²) >= 11 is 0. The fourth-order valence-corrected chi connectivity index (χ4v) is 3.32. The highest BCUT2D eigenvalue weighted by molar-refractivity contribution is 6.04. The molecule has 0 spiro atoms. The number of carbonyl (C=O) groups excluding carboxylic acids is 1. The molecule has 0 amide bonds. The lowest BCUT2D eigenvalue weighted by Crippen LogP contribution is -2.22. The van der Waals surface area contributed by atoms with Gasteiger partial charge in [0.2, 0.25) is 0 Å². The summed E-state index contributed by atoms with van der Waals surface area (Å²) in [5.74, 6) is -0.395. The highest BCUT2D eigenvalue weighted by atomic mass is 19.4. The van der Waals surface area contributed by atoms with E-state index in [9.17, 15) is 22.8 Å². The Morgan fingerprint density at radius 1 is 0.903 bits per heavy atom. The summed E-state index contributed by atoms with van der Waals surface area (Å²) in [6.45, 7) is 1.85. The van der Waals surface area contributed by atoms with Gasteiger partial charge in [-0.15, -0.1) is 0 Å². The van der Waals surface area contributed by atoms with Gasteiger partial charge in [-0.1, -0.05) is 36.4 Å². The number of fused-ring (bicyclic) bond motifs is 1. The molecule has 1 heterocycles. The molecule has 4 aromatic rings. The third-order valence-corrected chi connectivity index (χ3v) is 4.80. The van der Waals surface area contributed by atoms with Crippen LogP contribution in [0.2, 0.25) is 0 Å². The van der Waals surface area contributed by atoms with E-state index >= 15 is 0 Å². The zero-order chi connectivity index (χ0) is 22.2. The van der Waals surface area contributed by atoms with Crippen molar-refractivity contribution < 1.29 is 22.7 Å². The maximum atomic E-state index is 13.2. The molecule has 7 heteroatoms. The first-order valence-corrected chi connectivity index (χ1v) is 9.35. The van der Waals surface area contributed by atoms with E-state index < -0.39 is 23.3 Å². The van der Waals surface area contributed by atoms with Crippen molar-refractivity contribution in [1.29, 1.82) is 0 Å². The third kappa shape index (κ3) is 4.07. The SMILES string of the molecule is Cc1cccc(OC(=O)c2cn(-c3cccc(C(F)(F)F)c3)c(=O)c3ccccc23)c1. The number of pyridine rings is 1. The van der Waals surface area contributed by atoms with E-state index in [1.54, 1.807) is 36.4 Å². The largest absolute Gasteiger partial charge is 0.423 e. The summed E-state index contributed by atoms with van der Waals surface area (Å²) in [6, 6.07) is 17.7. The predicted molar refractivity (Wildman–Crippen MR) is 111 cm³/mol. The molecular weight excluding hydrogens is 407 g/mol. The lowest BCUT2D eigenvalue weighted by Gasteiger charge is -2.14. The minimum Gasteiger partial charge on any atom is -0.423 e. The maximum absolute atomic E-state index is 13.2. The fourth-order valence-electron chi connectivity index (χ4n) is 3.32. The summed E-state index contributed by atoms with van der Waals surface area (Å²) in [7, 11) is 0. The van der Waals surface area contributed by atoms with Crippen LogP contribution in [-0.4, -0.2) is 10.5 Å². The molecule has 4 rings (SSSR count). The molecular formula is C24H16F3NO3. The zero-order valence-electron chi connectivity index (χ0n) is 16.3. The van der Waals surface area contributed by atoms with Gasteiger partial charge in [0.15, 0.2) is 0 Å². The van der Waals surface area contributed by atoms with Crippen molar-refractivity contribution in [2.24, 2.45) is 0 Å². The van der Waals surface area contributed by atoms with Crippen LogP contribution in [0.15, 0.2) is 83.8 Å². The quantitative estimate of drug-likeness (QED) is 0.321. The van der Waals surface area contributed by atoms with Crippen molar-refractivity contribution in [2.45, 2.75) is 13.1 Å². The van der Waals surface area contributed by atoms with Crippen molar-refractivity contribution in [3.05, 3.63) is 106 Å².